The van der Waals surface area contributed by atoms with Crippen molar-refractivity contribution in [1.82, 2.24) is 15.5 Å². The molecule has 1 aromatic heterocycles. The first-order chi connectivity index (χ1) is 8.15. The number of piperidine rings is 1. The van der Waals surface area contributed by atoms with Crippen molar-refractivity contribution in [3.05, 3.63) is 17.8 Å². The van der Waals surface area contributed by atoms with Crippen LogP contribution in [-0.4, -0.2) is 39.8 Å². The second kappa shape index (κ2) is 4.77. The molecule has 1 saturated heterocycles. The SMILES string of the molecule is O=C1CCC(Nc2ccc(C(=O)O)nn2)CN1. The van der Waals surface area contributed by atoms with Gasteiger partial charge in [-0.05, 0) is 18.6 Å². The van der Waals surface area contributed by atoms with Gasteiger partial charge in [0.15, 0.2) is 5.69 Å². The number of carbonyl (C=O) groups excluding carboxylic acids is 1. The van der Waals surface area contributed by atoms with Crippen molar-refractivity contribution in [2.24, 2.45) is 0 Å². The van der Waals surface area contributed by atoms with Crippen molar-refractivity contribution < 1.29 is 14.7 Å². The summed E-state index contributed by atoms with van der Waals surface area (Å²) in [5.74, 6) is -0.541. The van der Waals surface area contributed by atoms with Gasteiger partial charge in [-0.3, -0.25) is 4.79 Å². The maximum Gasteiger partial charge on any atom is 0.356 e. The number of hydrogen-bond donors (Lipinski definition) is 3. The zero-order valence-corrected chi connectivity index (χ0v) is 9.01. The lowest BCUT2D eigenvalue weighted by Crippen LogP contribution is -2.42. The highest BCUT2D eigenvalue weighted by Crippen LogP contribution is 2.10. The van der Waals surface area contributed by atoms with Crippen molar-refractivity contribution in [3.63, 3.8) is 0 Å². The molecule has 1 aliphatic rings. The molecule has 17 heavy (non-hydrogen) atoms. The first-order valence-electron chi connectivity index (χ1n) is 5.25. The number of hydrogen-bond acceptors (Lipinski definition) is 5. The highest BCUT2D eigenvalue weighted by Gasteiger charge is 2.18. The molecular weight excluding hydrogens is 224 g/mol. The molecule has 7 heteroatoms. The van der Waals surface area contributed by atoms with E-state index in [0.29, 0.717) is 18.8 Å². The number of nitrogens with one attached hydrogen (secondary N) is 2. The minimum Gasteiger partial charge on any atom is -0.476 e. The van der Waals surface area contributed by atoms with E-state index in [9.17, 15) is 9.59 Å². The third-order valence-corrected chi connectivity index (χ3v) is 2.50. The molecule has 1 aromatic rings. The van der Waals surface area contributed by atoms with Gasteiger partial charge in [-0.2, -0.15) is 0 Å². The largest absolute Gasteiger partial charge is 0.476 e. The molecule has 7 nitrogen and oxygen atoms in total. The molecule has 1 unspecified atom stereocenters. The molecule has 2 heterocycles. The molecule has 0 saturated carbocycles. The average Bonchev–Trinajstić information content (AvgIpc) is 2.33. The predicted molar refractivity (Wildman–Crippen MR) is 58.6 cm³/mol. The van der Waals surface area contributed by atoms with Gasteiger partial charge < -0.3 is 15.7 Å². The Labute approximate surface area is 97.2 Å². The van der Waals surface area contributed by atoms with Crippen LogP contribution in [0.1, 0.15) is 23.3 Å². The number of amides is 1. The standard InChI is InChI=1S/C10H12N4O3/c15-9-4-1-6(5-11-9)12-8-3-2-7(10(16)17)13-14-8/h2-3,6H,1,4-5H2,(H,11,15)(H,12,14)(H,16,17). The predicted octanol–water partition coefficient (Wildman–Crippen LogP) is -0.135. The molecule has 0 spiro atoms. The molecule has 90 valence electrons. The minimum absolute atomic E-state index is 0.0513. The van der Waals surface area contributed by atoms with E-state index in [1.807, 2.05) is 0 Å². The smallest absolute Gasteiger partial charge is 0.356 e. The number of rotatable bonds is 3. The summed E-state index contributed by atoms with van der Waals surface area (Å²) in [5.41, 5.74) is -0.0903. The van der Waals surface area contributed by atoms with E-state index in [4.69, 9.17) is 5.11 Å². The fourth-order valence-electron chi connectivity index (χ4n) is 1.59. The van der Waals surface area contributed by atoms with Crippen LogP contribution in [0.3, 0.4) is 0 Å². The monoisotopic (exact) mass is 236 g/mol. The van der Waals surface area contributed by atoms with Crippen molar-refractivity contribution in [1.29, 1.82) is 0 Å². The van der Waals surface area contributed by atoms with Gasteiger partial charge >= 0.3 is 5.97 Å². The summed E-state index contributed by atoms with van der Waals surface area (Å²) in [6.07, 6.45) is 1.21. The summed E-state index contributed by atoms with van der Waals surface area (Å²) in [5, 5.41) is 21.8. The van der Waals surface area contributed by atoms with Crippen molar-refractivity contribution in [2.75, 3.05) is 11.9 Å². The van der Waals surface area contributed by atoms with Crippen LogP contribution in [0.4, 0.5) is 5.82 Å². The molecule has 0 aromatic carbocycles. The first-order valence-corrected chi connectivity index (χ1v) is 5.25. The van der Waals surface area contributed by atoms with Gasteiger partial charge in [-0.25, -0.2) is 4.79 Å². The van der Waals surface area contributed by atoms with Crippen LogP contribution in [0, 0.1) is 0 Å². The molecule has 1 amide bonds. The number of carbonyl (C=O) groups is 2. The van der Waals surface area contributed by atoms with Gasteiger partial charge in [-0.15, -0.1) is 10.2 Å². The van der Waals surface area contributed by atoms with Crippen LogP contribution in [0.25, 0.3) is 0 Å². The Morgan fingerprint density at radius 3 is 2.82 bits per heavy atom. The summed E-state index contributed by atoms with van der Waals surface area (Å²) in [6, 6.07) is 3.06. The Morgan fingerprint density at radius 2 is 2.29 bits per heavy atom. The molecule has 0 aliphatic carbocycles. The molecule has 0 bridgehead atoms. The lowest BCUT2D eigenvalue weighted by molar-refractivity contribution is -0.122. The number of anilines is 1. The first kappa shape index (κ1) is 11.3. The lowest BCUT2D eigenvalue weighted by atomic mass is 10.1. The average molecular weight is 236 g/mol. The second-order valence-electron chi connectivity index (χ2n) is 3.79. The van der Waals surface area contributed by atoms with E-state index in [1.54, 1.807) is 6.07 Å². The number of nitrogens with zero attached hydrogens (tertiary/aromatic N) is 2. The molecule has 3 N–H and O–H groups in total. The fourth-order valence-corrected chi connectivity index (χ4v) is 1.59. The van der Waals surface area contributed by atoms with Crippen LogP contribution in [-0.2, 0) is 4.79 Å². The van der Waals surface area contributed by atoms with E-state index >= 15 is 0 Å². The zero-order chi connectivity index (χ0) is 12.3. The van der Waals surface area contributed by atoms with Crippen LogP contribution < -0.4 is 10.6 Å². The minimum atomic E-state index is -1.10. The van der Waals surface area contributed by atoms with Gasteiger partial charge in [0.25, 0.3) is 0 Å². The van der Waals surface area contributed by atoms with Crippen LogP contribution in [0.5, 0.6) is 0 Å². The topological polar surface area (TPSA) is 104 Å². The number of aromatic carboxylic acids is 1. The quantitative estimate of drug-likeness (QED) is 0.675. The van der Waals surface area contributed by atoms with E-state index in [0.717, 1.165) is 6.42 Å². The molecular formula is C10H12N4O3. The van der Waals surface area contributed by atoms with Crippen LogP contribution in [0.2, 0.25) is 0 Å². The van der Waals surface area contributed by atoms with Gasteiger partial charge in [0.1, 0.15) is 5.82 Å². The zero-order valence-electron chi connectivity index (χ0n) is 9.01. The second-order valence-corrected chi connectivity index (χ2v) is 3.79. The van der Waals surface area contributed by atoms with Gasteiger partial charge in [-0.1, -0.05) is 0 Å². The Hall–Kier alpha value is -2.18. The van der Waals surface area contributed by atoms with Crippen LogP contribution >= 0.6 is 0 Å². The Kier molecular flexibility index (Phi) is 3.17. The summed E-state index contributed by atoms with van der Waals surface area (Å²) >= 11 is 0. The molecule has 2 rings (SSSR count). The summed E-state index contributed by atoms with van der Waals surface area (Å²) < 4.78 is 0. The fraction of sp³-hybridized carbons (Fsp3) is 0.400. The van der Waals surface area contributed by atoms with E-state index in [1.165, 1.54) is 6.07 Å². The Morgan fingerprint density at radius 1 is 1.47 bits per heavy atom. The summed E-state index contributed by atoms with van der Waals surface area (Å²) in [4.78, 5) is 21.5. The van der Waals surface area contributed by atoms with Crippen molar-refractivity contribution in [2.45, 2.75) is 18.9 Å². The van der Waals surface area contributed by atoms with E-state index in [-0.39, 0.29) is 17.6 Å². The van der Waals surface area contributed by atoms with E-state index < -0.39 is 5.97 Å². The normalized spacial score (nSPS) is 19.5. The molecule has 1 fully saturated rings. The van der Waals surface area contributed by atoms with Crippen LogP contribution in [0.15, 0.2) is 12.1 Å². The number of carboxylic acid groups (broad SMARTS) is 1. The Balaban J connectivity index is 1.95. The highest BCUT2D eigenvalue weighted by atomic mass is 16.4. The molecule has 1 atom stereocenters. The van der Waals surface area contributed by atoms with Crippen molar-refractivity contribution in [3.8, 4) is 0 Å². The van der Waals surface area contributed by atoms with Gasteiger partial charge in [0.2, 0.25) is 5.91 Å². The number of carboxylic acids is 1. The lowest BCUT2D eigenvalue weighted by Gasteiger charge is -2.23. The third-order valence-electron chi connectivity index (χ3n) is 2.50. The van der Waals surface area contributed by atoms with E-state index in [2.05, 4.69) is 20.8 Å². The maximum absolute atomic E-state index is 10.9. The maximum atomic E-state index is 10.9. The molecule has 1 aliphatic heterocycles. The number of aromatic nitrogens is 2. The highest BCUT2D eigenvalue weighted by molar-refractivity contribution is 5.85. The van der Waals surface area contributed by atoms with Gasteiger partial charge in [0.05, 0.1) is 0 Å². The summed E-state index contributed by atoms with van der Waals surface area (Å²) in [6.45, 7) is 0.543. The van der Waals surface area contributed by atoms with Gasteiger partial charge in [0, 0.05) is 19.0 Å². The summed E-state index contributed by atoms with van der Waals surface area (Å²) in [7, 11) is 0. The third kappa shape index (κ3) is 2.90. The molecule has 0 radical (unpaired) electrons. The Bertz CT molecular complexity index is 422. The van der Waals surface area contributed by atoms with Crippen molar-refractivity contribution >= 4 is 17.7 Å².